The summed E-state index contributed by atoms with van der Waals surface area (Å²) >= 11 is 1.52. The average Bonchev–Trinajstić information content (AvgIpc) is 3.02. The van der Waals surface area contributed by atoms with Crippen molar-refractivity contribution in [2.45, 2.75) is 50.7 Å². The quantitative estimate of drug-likeness (QED) is 0.725. The van der Waals surface area contributed by atoms with Crippen LogP contribution in [0, 0.1) is 0 Å². The highest BCUT2D eigenvalue weighted by molar-refractivity contribution is 7.07. The predicted octanol–water partition coefficient (Wildman–Crippen LogP) is 1.74. The van der Waals surface area contributed by atoms with E-state index in [1.807, 2.05) is 16.8 Å². The van der Waals surface area contributed by atoms with Gasteiger partial charge in [0.25, 0.3) is 0 Å². The van der Waals surface area contributed by atoms with Crippen LogP contribution in [0.5, 0.6) is 0 Å². The lowest BCUT2D eigenvalue weighted by Gasteiger charge is -2.22. The molecule has 0 radical (unpaired) electrons. The standard InChI is InChI=1S/C15H22N2O3S/c18-13(11-7-9-21-10-11)6-8-16-14(19)15(20)17-12-4-2-1-3-5-12/h7,9-10,12-13,18H,1-6,8H2,(H,16,19)(H,17,20). The molecule has 1 saturated carbocycles. The lowest BCUT2D eigenvalue weighted by Crippen LogP contribution is -2.45. The Hall–Kier alpha value is -1.40. The summed E-state index contributed by atoms with van der Waals surface area (Å²) in [5.74, 6) is -1.18. The molecule has 21 heavy (non-hydrogen) atoms. The molecule has 0 aliphatic heterocycles. The van der Waals surface area contributed by atoms with Crippen LogP contribution in [-0.2, 0) is 9.59 Å². The van der Waals surface area contributed by atoms with Gasteiger partial charge in [-0.25, -0.2) is 0 Å². The minimum absolute atomic E-state index is 0.133. The summed E-state index contributed by atoms with van der Waals surface area (Å²) in [6, 6.07) is 1.99. The molecule has 1 aliphatic rings. The summed E-state index contributed by atoms with van der Waals surface area (Å²) in [7, 11) is 0. The second kappa shape index (κ2) is 8.14. The topological polar surface area (TPSA) is 78.4 Å². The first kappa shape index (κ1) is 16.0. The lowest BCUT2D eigenvalue weighted by molar-refractivity contribution is -0.139. The molecule has 0 spiro atoms. The van der Waals surface area contributed by atoms with Crippen LogP contribution in [0.2, 0.25) is 0 Å². The van der Waals surface area contributed by atoms with Crippen molar-refractivity contribution in [2.75, 3.05) is 6.54 Å². The first-order valence-corrected chi connectivity index (χ1v) is 8.40. The summed E-state index contributed by atoms with van der Waals surface area (Å²) in [6.45, 7) is 0.286. The van der Waals surface area contributed by atoms with Crippen LogP contribution in [0.4, 0.5) is 0 Å². The van der Waals surface area contributed by atoms with Gasteiger partial charge in [0, 0.05) is 12.6 Å². The molecule has 1 aromatic heterocycles. The van der Waals surface area contributed by atoms with E-state index in [-0.39, 0.29) is 12.6 Å². The minimum Gasteiger partial charge on any atom is -0.388 e. The Kier molecular flexibility index (Phi) is 6.20. The van der Waals surface area contributed by atoms with Crippen LogP contribution in [-0.4, -0.2) is 29.5 Å². The van der Waals surface area contributed by atoms with Crippen molar-refractivity contribution >= 4 is 23.2 Å². The maximum Gasteiger partial charge on any atom is 0.309 e. The van der Waals surface area contributed by atoms with E-state index < -0.39 is 17.9 Å². The smallest absolute Gasteiger partial charge is 0.309 e. The van der Waals surface area contributed by atoms with Gasteiger partial charge in [-0.2, -0.15) is 11.3 Å². The van der Waals surface area contributed by atoms with Crippen LogP contribution in [0.15, 0.2) is 16.8 Å². The number of hydrogen-bond donors (Lipinski definition) is 3. The zero-order chi connectivity index (χ0) is 15.1. The molecule has 0 aromatic carbocycles. The molecule has 116 valence electrons. The molecule has 6 heteroatoms. The minimum atomic E-state index is -0.613. The normalized spacial score (nSPS) is 17.2. The van der Waals surface area contributed by atoms with Gasteiger partial charge in [-0.15, -0.1) is 0 Å². The number of thiophene rings is 1. The van der Waals surface area contributed by atoms with Crippen molar-refractivity contribution in [3.05, 3.63) is 22.4 Å². The third-order valence-corrected chi connectivity index (χ3v) is 4.48. The van der Waals surface area contributed by atoms with Gasteiger partial charge in [0.2, 0.25) is 0 Å². The van der Waals surface area contributed by atoms with E-state index in [1.165, 1.54) is 17.8 Å². The monoisotopic (exact) mass is 310 g/mol. The molecule has 1 fully saturated rings. The molecular formula is C15H22N2O3S. The number of amides is 2. The fraction of sp³-hybridized carbons (Fsp3) is 0.600. The molecule has 2 amide bonds. The number of hydrogen-bond acceptors (Lipinski definition) is 4. The Morgan fingerprint density at radius 3 is 2.71 bits per heavy atom. The molecule has 1 heterocycles. The van der Waals surface area contributed by atoms with Crippen LogP contribution < -0.4 is 10.6 Å². The molecular weight excluding hydrogens is 288 g/mol. The van der Waals surface area contributed by atoms with E-state index in [4.69, 9.17) is 0 Å². The SMILES string of the molecule is O=C(NCCC(O)c1ccsc1)C(=O)NC1CCCCC1. The van der Waals surface area contributed by atoms with Crippen LogP contribution in [0.25, 0.3) is 0 Å². The van der Waals surface area contributed by atoms with E-state index in [2.05, 4.69) is 10.6 Å². The van der Waals surface area contributed by atoms with Crippen molar-refractivity contribution in [1.82, 2.24) is 10.6 Å². The second-order valence-electron chi connectivity index (χ2n) is 5.43. The molecule has 0 saturated heterocycles. The van der Waals surface area contributed by atoms with Crippen LogP contribution >= 0.6 is 11.3 Å². The highest BCUT2D eigenvalue weighted by Crippen LogP contribution is 2.18. The number of nitrogens with one attached hydrogen (secondary N) is 2. The van der Waals surface area contributed by atoms with Gasteiger partial charge in [0.05, 0.1) is 6.10 Å². The third kappa shape index (κ3) is 5.13. The van der Waals surface area contributed by atoms with Crippen molar-refractivity contribution in [1.29, 1.82) is 0 Å². The molecule has 0 bridgehead atoms. The van der Waals surface area contributed by atoms with Gasteiger partial charge in [-0.1, -0.05) is 19.3 Å². The van der Waals surface area contributed by atoms with Crippen LogP contribution in [0.3, 0.4) is 0 Å². The van der Waals surface area contributed by atoms with Gasteiger partial charge in [0.1, 0.15) is 0 Å². The number of rotatable bonds is 5. The molecule has 1 unspecified atom stereocenters. The number of aliphatic hydroxyl groups excluding tert-OH is 1. The lowest BCUT2D eigenvalue weighted by atomic mass is 9.95. The first-order valence-electron chi connectivity index (χ1n) is 7.45. The van der Waals surface area contributed by atoms with Gasteiger partial charge >= 0.3 is 11.8 Å². The summed E-state index contributed by atoms with van der Waals surface area (Å²) in [4.78, 5) is 23.4. The van der Waals surface area contributed by atoms with Crippen molar-refractivity contribution in [3.63, 3.8) is 0 Å². The van der Waals surface area contributed by atoms with Crippen molar-refractivity contribution in [3.8, 4) is 0 Å². The van der Waals surface area contributed by atoms with Crippen molar-refractivity contribution in [2.24, 2.45) is 0 Å². The van der Waals surface area contributed by atoms with Gasteiger partial charge in [-0.3, -0.25) is 9.59 Å². The average molecular weight is 310 g/mol. The summed E-state index contributed by atoms with van der Waals surface area (Å²) in [5, 5.41) is 19.0. The molecule has 5 nitrogen and oxygen atoms in total. The largest absolute Gasteiger partial charge is 0.388 e. The zero-order valence-corrected chi connectivity index (χ0v) is 12.8. The highest BCUT2D eigenvalue weighted by Gasteiger charge is 2.20. The van der Waals surface area contributed by atoms with Gasteiger partial charge in [0.15, 0.2) is 0 Å². The predicted molar refractivity (Wildman–Crippen MR) is 81.9 cm³/mol. The van der Waals surface area contributed by atoms with Crippen LogP contribution in [0.1, 0.15) is 50.2 Å². The Labute approximate surface area is 128 Å². The molecule has 2 rings (SSSR count). The van der Waals surface area contributed by atoms with E-state index in [0.29, 0.717) is 6.42 Å². The third-order valence-electron chi connectivity index (χ3n) is 3.78. The van der Waals surface area contributed by atoms with E-state index in [9.17, 15) is 14.7 Å². The molecule has 1 aromatic rings. The van der Waals surface area contributed by atoms with E-state index >= 15 is 0 Å². The molecule has 1 aliphatic carbocycles. The first-order chi connectivity index (χ1) is 10.2. The maximum atomic E-state index is 11.7. The van der Waals surface area contributed by atoms with Gasteiger partial charge < -0.3 is 15.7 Å². The van der Waals surface area contributed by atoms with Gasteiger partial charge in [-0.05, 0) is 41.7 Å². The fourth-order valence-corrected chi connectivity index (χ4v) is 3.24. The Morgan fingerprint density at radius 1 is 1.29 bits per heavy atom. The Bertz CT molecular complexity index is 455. The second-order valence-corrected chi connectivity index (χ2v) is 6.21. The molecule has 3 N–H and O–H groups in total. The molecule has 1 atom stereocenters. The zero-order valence-electron chi connectivity index (χ0n) is 12.0. The fourth-order valence-electron chi connectivity index (χ4n) is 2.53. The number of carbonyl (C=O) groups excluding carboxylic acids is 2. The number of aliphatic hydroxyl groups is 1. The highest BCUT2D eigenvalue weighted by atomic mass is 32.1. The Morgan fingerprint density at radius 2 is 2.05 bits per heavy atom. The summed E-state index contributed by atoms with van der Waals surface area (Å²) in [5.41, 5.74) is 0.848. The Balaban J connectivity index is 1.65. The number of carbonyl (C=O) groups is 2. The van der Waals surface area contributed by atoms with Crippen molar-refractivity contribution < 1.29 is 14.7 Å². The van der Waals surface area contributed by atoms with E-state index in [1.54, 1.807) is 0 Å². The summed E-state index contributed by atoms with van der Waals surface area (Å²) in [6.07, 6.45) is 5.14. The summed E-state index contributed by atoms with van der Waals surface area (Å²) < 4.78 is 0. The van der Waals surface area contributed by atoms with E-state index in [0.717, 1.165) is 31.2 Å². The maximum absolute atomic E-state index is 11.7.